The number of piperazine rings is 1. The molecule has 4 rings (SSSR count). The summed E-state index contributed by atoms with van der Waals surface area (Å²) in [6.45, 7) is 2.51. The van der Waals surface area contributed by atoms with Gasteiger partial charge in [-0.05, 0) is 41.0 Å². The number of carbonyl (C=O) groups is 1. The second-order valence-electron chi connectivity index (χ2n) is 8.49. The van der Waals surface area contributed by atoms with Gasteiger partial charge in [-0.1, -0.05) is 35.9 Å². The summed E-state index contributed by atoms with van der Waals surface area (Å²) in [5.41, 5.74) is 3.55. The maximum atomic E-state index is 13.4. The summed E-state index contributed by atoms with van der Waals surface area (Å²) in [6, 6.07) is 19.0. The van der Waals surface area contributed by atoms with Crippen LogP contribution in [0.2, 0.25) is 5.02 Å². The zero-order valence-electron chi connectivity index (χ0n) is 21.5. The number of ether oxygens (including phenoxy) is 4. The number of halogens is 1. The van der Waals surface area contributed by atoms with E-state index in [1.165, 1.54) is 0 Å². The standard InChI is InChI=1S/C29H31ClN2O5/c1-34-24-10-8-20(9-11-24)25(21-6-5-7-22(30)16-21)19-28(33)32-14-12-31(13-15-32)23-17-26(35-2)29(37-4)27(18-23)36-3/h5-11,16-19H,12-15H2,1-4H3/b25-19-. The molecule has 1 amide bonds. The summed E-state index contributed by atoms with van der Waals surface area (Å²) in [5.74, 6) is 2.46. The molecule has 7 nitrogen and oxygen atoms in total. The molecule has 8 heteroatoms. The molecule has 0 radical (unpaired) electrons. The van der Waals surface area contributed by atoms with Gasteiger partial charge in [-0.25, -0.2) is 0 Å². The summed E-state index contributed by atoms with van der Waals surface area (Å²) in [7, 11) is 6.42. The van der Waals surface area contributed by atoms with Crippen molar-refractivity contribution in [2.45, 2.75) is 0 Å². The first-order valence-corrected chi connectivity index (χ1v) is 12.3. The molecule has 0 bridgehead atoms. The minimum atomic E-state index is -0.0460. The SMILES string of the molecule is COc1ccc(/C(=C/C(=O)N2CCN(c3cc(OC)c(OC)c(OC)c3)CC2)c2cccc(Cl)c2)cc1. The van der Waals surface area contributed by atoms with Crippen LogP contribution >= 0.6 is 11.6 Å². The molecule has 0 saturated carbocycles. The third kappa shape index (κ3) is 5.94. The first-order valence-electron chi connectivity index (χ1n) is 11.9. The Morgan fingerprint density at radius 1 is 0.784 bits per heavy atom. The Morgan fingerprint density at radius 3 is 1.97 bits per heavy atom. The molecule has 0 aromatic heterocycles. The van der Waals surface area contributed by atoms with Crippen LogP contribution in [0.1, 0.15) is 11.1 Å². The monoisotopic (exact) mass is 522 g/mol. The van der Waals surface area contributed by atoms with Crippen molar-refractivity contribution in [2.24, 2.45) is 0 Å². The fourth-order valence-corrected chi connectivity index (χ4v) is 4.60. The van der Waals surface area contributed by atoms with E-state index in [0.717, 1.165) is 28.1 Å². The van der Waals surface area contributed by atoms with Gasteiger partial charge in [0.1, 0.15) is 5.75 Å². The topological polar surface area (TPSA) is 60.5 Å². The molecular formula is C29H31ClN2O5. The molecule has 0 atom stereocenters. The minimum absolute atomic E-state index is 0.0460. The number of hydrogen-bond acceptors (Lipinski definition) is 6. The Morgan fingerprint density at radius 2 is 1.43 bits per heavy atom. The summed E-state index contributed by atoms with van der Waals surface area (Å²) in [6.07, 6.45) is 1.70. The lowest BCUT2D eigenvalue weighted by Crippen LogP contribution is -2.48. The second kappa shape index (κ2) is 11.9. The van der Waals surface area contributed by atoms with E-state index in [0.29, 0.717) is 48.5 Å². The van der Waals surface area contributed by atoms with Crippen molar-refractivity contribution >= 4 is 28.8 Å². The largest absolute Gasteiger partial charge is 0.497 e. The van der Waals surface area contributed by atoms with Crippen LogP contribution in [-0.2, 0) is 4.79 Å². The van der Waals surface area contributed by atoms with E-state index in [1.807, 2.05) is 65.6 Å². The van der Waals surface area contributed by atoms with E-state index >= 15 is 0 Å². The van der Waals surface area contributed by atoms with Gasteiger partial charge in [0.25, 0.3) is 0 Å². The quantitative estimate of drug-likeness (QED) is 0.381. The number of rotatable bonds is 8. The Balaban J connectivity index is 1.55. The van der Waals surface area contributed by atoms with E-state index in [-0.39, 0.29) is 5.91 Å². The van der Waals surface area contributed by atoms with E-state index < -0.39 is 0 Å². The van der Waals surface area contributed by atoms with Gasteiger partial charge in [0.15, 0.2) is 11.5 Å². The smallest absolute Gasteiger partial charge is 0.247 e. The predicted octanol–water partition coefficient (Wildman–Crippen LogP) is 5.15. The van der Waals surface area contributed by atoms with E-state index in [1.54, 1.807) is 34.5 Å². The van der Waals surface area contributed by atoms with Gasteiger partial charge >= 0.3 is 0 Å². The molecule has 1 fully saturated rings. The Hall–Kier alpha value is -3.84. The molecular weight excluding hydrogens is 492 g/mol. The lowest BCUT2D eigenvalue weighted by molar-refractivity contribution is -0.126. The number of nitrogens with zero attached hydrogens (tertiary/aromatic N) is 2. The number of hydrogen-bond donors (Lipinski definition) is 0. The predicted molar refractivity (Wildman–Crippen MR) is 146 cm³/mol. The molecule has 194 valence electrons. The van der Waals surface area contributed by atoms with E-state index in [4.69, 9.17) is 30.5 Å². The number of methoxy groups -OCH3 is 4. The molecule has 1 aliphatic rings. The van der Waals surface area contributed by atoms with Crippen LogP contribution in [0.3, 0.4) is 0 Å². The summed E-state index contributed by atoms with van der Waals surface area (Å²) >= 11 is 6.27. The fourth-order valence-electron chi connectivity index (χ4n) is 4.41. The highest BCUT2D eigenvalue weighted by Crippen LogP contribution is 2.41. The molecule has 37 heavy (non-hydrogen) atoms. The summed E-state index contributed by atoms with van der Waals surface area (Å²) in [5, 5.41) is 0.614. The maximum Gasteiger partial charge on any atom is 0.247 e. The van der Waals surface area contributed by atoms with Crippen molar-refractivity contribution in [3.05, 3.63) is 82.9 Å². The van der Waals surface area contributed by atoms with Crippen molar-refractivity contribution in [3.8, 4) is 23.0 Å². The minimum Gasteiger partial charge on any atom is -0.497 e. The van der Waals surface area contributed by atoms with E-state index in [2.05, 4.69) is 4.90 Å². The van der Waals surface area contributed by atoms with Gasteiger partial charge in [-0.3, -0.25) is 4.79 Å². The van der Waals surface area contributed by atoms with Crippen LogP contribution in [0.5, 0.6) is 23.0 Å². The van der Waals surface area contributed by atoms with Gasteiger partial charge in [0.2, 0.25) is 11.7 Å². The number of anilines is 1. The van der Waals surface area contributed by atoms with Crippen LogP contribution in [-0.4, -0.2) is 65.4 Å². The third-order valence-corrected chi connectivity index (χ3v) is 6.65. The van der Waals surface area contributed by atoms with Crippen LogP contribution in [0.25, 0.3) is 5.57 Å². The first-order chi connectivity index (χ1) is 18.0. The molecule has 1 saturated heterocycles. The molecule has 1 aliphatic heterocycles. The van der Waals surface area contributed by atoms with Crippen LogP contribution in [0.4, 0.5) is 5.69 Å². The molecule has 0 spiro atoms. The molecule has 0 aliphatic carbocycles. The third-order valence-electron chi connectivity index (χ3n) is 6.41. The molecule has 3 aromatic carbocycles. The highest BCUT2D eigenvalue weighted by Gasteiger charge is 2.23. The zero-order valence-corrected chi connectivity index (χ0v) is 22.2. The van der Waals surface area contributed by atoms with Gasteiger partial charge in [-0.15, -0.1) is 0 Å². The number of carbonyl (C=O) groups excluding carboxylic acids is 1. The van der Waals surface area contributed by atoms with Gasteiger partial charge in [-0.2, -0.15) is 0 Å². The van der Waals surface area contributed by atoms with Crippen molar-refractivity contribution in [1.82, 2.24) is 4.90 Å². The highest BCUT2D eigenvalue weighted by atomic mass is 35.5. The Kier molecular flexibility index (Phi) is 8.46. The number of benzene rings is 3. The van der Waals surface area contributed by atoms with Gasteiger partial charge in [0.05, 0.1) is 28.4 Å². The average Bonchev–Trinajstić information content (AvgIpc) is 2.95. The van der Waals surface area contributed by atoms with Gasteiger partial charge < -0.3 is 28.7 Å². The molecule has 1 heterocycles. The lowest BCUT2D eigenvalue weighted by atomic mass is 9.97. The van der Waals surface area contributed by atoms with Crippen LogP contribution in [0, 0.1) is 0 Å². The maximum absolute atomic E-state index is 13.4. The highest BCUT2D eigenvalue weighted by molar-refractivity contribution is 6.30. The molecule has 3 aromatic rings. The second-order valence-corrected chi connectivity index (χ2v) is 8.93. The van der Waals surface area contributed by atoms with Crippen molar-refractivity contribution < 1.29 is 23.7 Å². The van der Waals surface area contributed by atoms with Crippen molar-refractivity contribution in [2.75, 3.05) is 59.5 Å². The fraction of sp³-hybridized carbons (Fsp3) is 0.276. The van der Waals surface area contributed by atoms with Crippen LogP contribution in [0.15, 0.2) is 66.7 Å². The zero-order chi connectivity index (χ0) is 26.4. The molecule has 0 N–H and O–H groups in total. The Bertz CT molecular complexity index is 1240. The molecule has 0 unspecified atom stereocenters. The van der Waals surface area contributed by atoms with Crippen LogP contribution < -0.4 is 23.8 Å². The normalized spacial score (nSPS) is 13.8. The summed E-state index contributed by atoms with van der Waals surface area (Å²) < 4.78 is 21.7. The Labute approximate surface area is 222 Å². The van der Waals surface area contributed by atoms with Crippen molar-refractivity contribution in [3.63, 3.8) is 0 Å². The number of amides is 1. The van der Waals surface area contributed by atoms with Gasteiger partial charge in [0, 0.05) is 55.1 Å². The first kappa shape index (κ1) is 26.2. The van der Waals surface area contributed by atoms with E-state index in [9.17, 15) is 4.79 Å². The average molecular weight is 523 g/mol. The lowest BCUT2D eigenvalue weighted by Gasteiger charge is -2.36. The summed E-state index contributed by atoms with van der Waals surface area (Å²) in [4.78, 5) is 17.5. The van der Waals surface area contributed by atoms with Crippen molar-refractivity contribution in [1.29, 1.82) is 0 Å².